The fourth-order valence-corrected chi connectivity index (χ4v) is 3.14. The number of nitrogens with zero attached hydrogens (tertiary/aromatic N) is 4. The molecule has 0 N–H and O–H groups in total. The maximum Gasteiger partial charge on any atom is 0.226 e. The Morgan fingerprint density at radius 1 is 1.00 bits per heavy atom. The number of hydrogen-bond acceptors (Lipinski definition) is 6. The molecular formula is C19H22N4O2. The molecule has 0 radical (unpaired) electrons. The molecule has 1 aliphatic heterocycles. The second kappa shape index (κ2) is 7.21. The Hall–Kier alpha value is -2.44. The van der Waals surface area contributed by atoms with Gasteiger partial charge >= 0.3 is 0 Å². The molecule has 2 aromatic heterocycles. The highest BCUT2D eigenvalue weighted by Crippen LogP contribution is 2.19. The molecule has 0 amide bonds. The van der Waals surface area contributed by atoms with Crippen LogP contribution in [0.1, 0.15) is 17.1 Å². The quantitative estimate of drug-likeness (QED) is 0.713. The molecule has 1 aliphatic rings. The number of aromatic nitrogens is 2. The summed E-state index contributed by atoms with van der Waals surface area (Å²) >= 11 is 0. The van der Waals surface area contributed by atoms with E-state index in [1.807, 2.05) is 43.3 Å². The highest BCUT2D eigenvalue weighted by molar-refractivity contribution is 5.52. The molecule has 0 aliphatic carbocycles. The lowest BCUT2D eigenvalue weighted by molar-refractivity contribution is 0.113. The Kier molecular flexibility index (Phi) is 4.63. The van der Waals surface area contributed by atoms with Gasteiger partial charge in [-0.3, -0.25) is 9.80 Å². The lowest BCUT2D eigenvalue weighted by atomic mass is 10.2. The molecule has 0 saturated carbocycles. The van der Waals surface area contributed by atoms with Crippen LogP contribution in [0.3, 0.4) is 0 Å². The average Bonchev–Trinajstić information content (AvgIpc) is 3.27. The van der Waals surface area contributed by atoms with Crippen molar-refractivity contribution in [3.05, 3.63) is 59.8 Å². The Bertz CT molecular complexity index is 804. The minimum Gasteiger partial charge on any atom is -0.444 e. The van der Waals surface area contributed by atoms with Crippen LogP contribution in [0, 0.1) is 6.92 Å². The van der Waals surface area contributed by atoms with Crippen LogP contribution in [-0.2, 0) is 13.1 Å². The zero-order valence-corrected chi connectivity index (χ0v) is 14.4. The minimum absolute atomic E-state index is 0.690. The summed E-state index contributed by atoms with van der Waals surface area (Å²) in [6, 6.07) is 12.0. The standard InChI is InChI=1S/C19H22N4O2/c1-15-11-18(25-21-15)13-23-9-7-22(8-10-23)12-17-14-24-19(20-17)16-5-3-2-4-6-16/h2-6,11,14H,7-10,12-13H2,1H3. The number of hydrogen-bond donors (Lipinski definition) is 0. The van der Waals surface area contributed by atoms with Gasteiger partial charge in [-0.15, -0.1) is 0 Å². The van der Waals surface area contributed by atoms with Gasteiger partial charge in [-0.25, -0.2) is 4.98 Å². The van der Waals surface area contributed by atoms with Gasteiger partial charge in [0.2, 0.25) is 5.89 Å². The first-order valence-corrected chi connectivity index (χ1v) is 8.63. The summed E-state index contributed by atoms with van der Waals surface area (Å²) < 4.78 is 10.9. The number of benzene rings is 1. The molecule has 3 aromatic rings. The number of rotatable bonds is 5. The van der Waals surface area contributed by atoms with Crippen molar-refractivity contribution < 1.29 is 8.94 Å². The third-order valence-electron chi connectivity index (χ3n) is 4.48. The predicted octanol–water partition coefficient (Wildman–Crippen LogP) is 2.96. The van der Waals surface area contributed by atoms with E-state index >= 15 is 0 Å². The van der Waals surface area contributed by atoms with Crippen molar-refractivity contribution in [1.82, 2.24) is 19.9 Å². The Labute approximate surface area is 147 Å². The number of piperazine rings is 1. The summed E-state index contributed by atoms with van der Waals surface area (Å²) in [7, 11) is 0. The predicted molar refractivity (Wildman–Crippen MR) is 93.7 cm³/mol. The SMILES string of the molecule is Cc1cc(CN2CCN(Cc3coc(-c4ccccc4)n3)CC2)on1. The van der Waals surface area contributed by atoms with Crippen molar-refractivity contribution in [2.75, 3.05) is 26.2 Å². The Balaban J connectivity index is 1.29. The van der Waals surface area contributed by atoms with E-state index in [0.717, 1.165) is 62.0 Å². The van der Waals surface area contributed by atoms with Gasteiger partial charge in [0.15, 0.2) is 5.76 Å². The Morgan fingerprint density at radius 2 is 1.72 bits per heavy atom. The summed E-state index contributed by atoms with van der Waals surface area (Å²) in [5.74, 6) is 1.63. The first kappa shape index (κ1) is 16.1. The Morgan fingerprint density at radius 3 is 2.40 bits per heavy atom. The molecular weight excluding hydrogens is 316 g/mol. The van der Waals surface area contributed by atoms with Crippen molar-refractivity contribution in [2.45, 2.75) is 20.0 Å². The van der Waals surface area contributed by atoms with Crippen molar-refractivity contribution in [3.8, 4) is 11.5 Å². The summed E-state index contributed by atoms with van der Waals surface area (Å²) in [6.07, 6.45) is 1.77. The van der Waals surface area contributed by atoms with Crippen LogP contribution in [0.4, 0.5) is 0 Å². The monoisotopic (exact) mass is 338 g/mol. The van der Waals surface area contributed by atoms with E-state index in [9.17, 15) is 0 Å². The number of aryl methyl sites for hydroxylation is 1. The van der Waals surface area contributed by atoms with Crippen LogP contribution in [0.5, 0.6) is 0 Å². The molecule has 6 heteroatoms. The van der Waals surface area contributed by atoms with Gasteiger partial charge in [-0.05, 0) is 19.1 Å². The van der Waals surface area contributed by atoms with Crippen molar-refractivity contribution in [3.63, 3.8) is 0 Å². The van der Waals surface area contributed by atoms with Crippen LogP contribution in [-0.4, -0.2) is 46.1 Å². The molecule has 130 valence electrons. The van der Waals surface area contributed by atoms with Crippen molar-refractivity contribution in [2.24, 2.45) is 0 Å². The molecule has 3 heterocycles. The summed E-state index contributed by atoms with van der Waals surface area (Å²) in [5.41, 5.74) is 2.94. The topological polar surface area (TPSA) is 58.5 Å². The molecule has 6 nitrogen and oxygen atoms in total. The summed E-state index contributed by atoms with van der Waals surface area (Å²) in [4.78, 5) is 9.43. The highest BCUT2D eigenvalue weighted by Gasteiger charge is 2.19. The van der Waals surface area contributed by atoms with Gasteiger partial charge in [0.05, 0.1) is 17.9 Å². The second-order valence-electron chi connectivity index (χ2n) is 6.50. The minimum atomic E-state index is 0.690. The molecule has 0 bridgehead atoms. The summed E-state index contributed by atoms with van der Waals surface area (Å²) in [5, 5.41) is 3.95. The van der Waals surface area contributed by atoms with E-state index in [0.29, 0.717) is 5.89 Å². The third-order valence-corrected chi connectivity index (χ3v) is 4.48. The van der Waals surface area contributed by atoms with Gasteiger partial charge in [-0.1, -0.05) is 23.4 Å². The van der Waals surface area contributed by atoms with E-state index in [4.69, 9.17) is 8.94 Å². The van der Waals surface area contributed by atoms with E-state index < -0.39 is 0 Å². The third kappa shape index (κ3) is 3.97. The fourth-order valence-electron chi connectivity index (χ4n) is 3.14. The lowest BCUT2D eigenvalue weighted by Crippen LogP contribution is -2.45. The van der Waals surface area contributed by atoms with Gasteiger partial charge < -0.3 is 8.94 Å². The van der Waals surface area contributed by atoms with Crippen LogP contribution >= 0.6 is 0 Å². The maximum atomic E-state index is 5.63. The molecule has 1 saturated heterocycles. The van der Waals surface area contributed by atoms with E-state index in [1.165, 1.54) is 0 Å². The van der Waals surface area contributed by atoms with Crippen LogP contribution < -0.4 is 0 Å². The molecule has 1 fully saturated rings. The second-order valence-corrected chi connectivity index (χ2v) is 6.50. The molecule has 4 rings (SSSR count). The first-order valence-electron chi connectivity index (χ1n) is 8.63. The lowest BCUT2D eigenvalue weighted by Gasteiger charge is -2.33. The van der Waals surface area contributed by atoms with Gasteiger partial charge in [0.25, 0.3) is 0 Å². The molecule has 1 aromatic carbocycles. The highest BCUT2D eigenvalue weighted by atomic mass is 16.5. The van der Waals surface area contributed by atoms with Crippen molar-refractivity contribution >= 4 is 0 Å². The van der Waals surface area contributed by atoms with Crippen LogP contribution in [0.2, 0.25) is 0 Å². The smallest absolute Gasteiger partial charge is 0.226 e. The molecule has 25 heavy (non-hydrogen) atoms. The van der Waals surface area contributed by atoms with Crippen molar-refractivity contribution in [1.29, 1.82) is 0 Å². The van der Waals surface area contributed by atoms with Gasteiger partial charge in [-0.2, -0.15) is 0 Å². The van der Waals surface area contributed by atoms with Gasteiger partial charge in [0.1, 0.15) is 6.26 Å². The zero-order chi connectivity index (χ0) is 17.1. The fraction of sp³-hybridized carbons (Fsp3) is 0.368. The molecule has 0 spiro atoms. The molecule has 0 atom stereocenters. The van der Waals surface area contributed by atoms with E-state index in [1.54, 1.807) is 6.26 Å². The average molecular weight is 338 g/mol. The van der Waals surface area contributed by atoms with E-state index in [2.05, 4.69) is 19.9 Å². The first-order chi connectivity index (χ1) is 12.3. The van der Waals surface area contributed by atoms with E-state index in [-0.39, 0.29) is 0 Å². The van der Waals surface area contributed by atoms with Gasteiger partial charge in [0, 0.05) is 44.4 Å². The summed E-state index contributed by atoms with van der Waals surface area (Å²) in [6.45, 7) is 7.67. The van der Waals surface area contributed by atoms with Crippen LogP contribution in [0.15, 0.2) is 51.6 Å². The number of oxazole rings is 1. The largest absolute Gasteiger partial charge is 0.444 e. The van der Waals surface area contributed by atoms with Crippen LogP contribution in [0.25, 0.3) is 11.5 Å². The normalized spacial score (nSPS) is 16.4. The maximum absolute atomic E-state index is 5.63. The molecule has 0 unspecified atom stereocenters. The zero-order valence-electron chi connectivity index (χ0n) is 14.4.